The van der Waals surface area contributed by atoms with Gasteiger partial charge in [0.05, 0.1) is 0 Å². The Hall–Kier alpha value is -3.16. The Balaban J connectivity index is 1.48. The Morgan fingerprint density at radius 2 is 1.84 bits per heavy atom. The maximum absolute atomic E-state index is 14.0. The van der Waals surface area contributed by atoms with Crippen LogP contribution in [0.1, 0.15) is 18.9 Å². The molecular weight excluding hydrogens is 400 g/mol. The average molecular weight is 430 g/mol. The maximum atomic E-state index is 14.0. The first-order valence-corrected chi connectivity index (χ1v) is 10.6. The van der Waals surface area contributed by atoms with Gasteiger partial charge in [-0.2, -0.15) is 0 Å². The van der Waals surface area contributed by atoms with E-state index in [0.29, 0.717) is 38.6 Å². The Morgan fingerprint density at radius 3 is 2.55 bits per heavy atom. The van der Waals surface area contributed by atoms with E-state index in [1.807, 2.05) is 37.3 Å². The van der Waals surface area contributed by atoms with Crippen molar-refractivity contribution < 1.29 is 13.6 Å². The van der Waals surface area contributed by atoms with Crippen molar-refractivity contribution in [2.45, 2.75) is 25.8 Å². The summed E-state index contributed by atoms with van der Waals surface area (Å²) in [5.74, 6) is -0.766. The first-order chi connectivity index (χ1) is 15.1. The number of anilines is 1. The average Bonchev–Trinajstić information content (AvgIpc) is 3.21. The summed E-state index contributed by atoms with van der Waals surface area (Å²) < 4.78 is 28.1. The van der Waals surface area contributed by atoms with E-state index in [1.165, 1.54) is 23.8 Å². The van der Waals surface area contributed by atoms with E-state index in [1.54, 1.807) is 4.90 Å². The van der Waals surface area contributed by atoms with Gasteiger partial charge in [0.1, 0.15) is 23.9 Å². The summed E-state index contributed by atoms with van der Waals surface area (Å²) in [6.07, 6.45) is 1.47. The van der Waals surface area contributed by atoms with Crippen molar-refractivity contribution in [3.8, 4) is 0 Å². The fourth-order valence-electron chi connectivity index (χ4n) is 3.58. The number of hydrogen-bond donors (Lipinski definition) is 3. The van der Waals surface area contributed by atoms with Crippen molar-refractivity contribution in [2.75, 3.05) is 37.6 Å². The SMILES string of the molecule is CCNC(=NCC(=O)NCCc1ccccc1)NC1CCN(c2c(F)cccc2F)C1. The summed E-state index contributed by atoms with van der Waals surface area (Å²) >= 11 is 0. The summed E-state index contributed by atoms with van der Waals surface area (Å²) in [6.45, 7) is 4.11. The fraction of sp³-hybridized carbons (Fsp3) is 0.391. The molecule has 1 aliphatic rings. The lowest BCUT2D eigenvalue weighted by molar-refractivity contribution is -0.119. The molecule has 2 aromatic carbocycles. The molecule has 8 heteroatoms. The molecule has 1 saturated heterocycles. The third-order valence-electron chi connectivity index (χ3n) is 5.09. The van der Waals surface area contributed by atoms with Gasteiger partial charge >= 0.3 is 0 Å². The minimum atomic E-state index is -0.562. The van der Waals surface area contributed by atoms with E-state index in [9.17, 15) is 13.6 Å². The Kier molecular flexibility index (Phi) is 8.20. The van der Waals surface area contributed by atoms with Gasteiger partial charge in [0.15, 0.2) is 5.96 Å². The van der Waals surface area contributed by atoms with Crippen LogP contribution in [0.15, 0.2) is 53.5 Å². The van der Waals surface area contributed by atoms with Gasteiger partial charge in [-0.05, 0) is 37.5 Å². The number of nitrogens with one attached hydrogen (secondary N) is 3. The fourth-order valence-corrected chi connectivity index (χ4v) is 3.58. The topological polar surface area (TPSA) is 68.8 Å². The van der Waals surface area contributed by atoms with Crippen molar-refractivity contribution in [3.63, 3.8) is 0 Å². The number of carbonyl (C=O) groups excluding carboxylic acids is 1. The van der Waals surface area contributed by atoms with E-state index in [2.05, 4.69) is 20.9 Å². The molecule has 0 saturated carbocycles. The normalized spacial score (nSPS) is 16.3. The Bertz CT molecular complexity index is 871. The molecule has 1 heterocycles. The van der Waals surface area contributed by atoms with Crippen LogP contribution in [0.25, 0.3) is 0 Å². The lowest BCUT2D eigenvalue weighted by Crippen LogP contribution is -2.45. The number of rotatable bonds is 8. The summed E-state index contributed by atoms with van der Waals surface area (Å²) in [7, 11) is 0. The minimum absolute atomic E-state index is 0.00248. The lowest BCUT2D eigenvalue weighted by Gasteiger charge is -2.21. The number of benzene rings is 2. The van der Waals surface area contributed by atoms with Crippen molar-refractivity contribution in [1.29, 1.82) is 0 Å². The third kappa shape index (κ3) is 6.67. The molecule has 0 bridgehead atoms. The molecule has 1 aliphatic heterocycles. The van der Waals surface area contributed by atoms with Crippen molar-refractivity contribution in [3.05, 3.63) is 65.7 Å². The van der Waals surface area contributed by atoms with Crippen LogP contribution in [-0.2, 0) is 11.2 Å². The van der Waals surface area contributed by atoms with Gasteiger partial charge in [-0.25, -0.2) is 13.8 Å². The van der Waals surface area contributed by atoms with Crippen LogP contribution in [-0.4, -0.2) is 50.6 Å². The highest BCUT2D eigenvalue weighted by atomic mass is 19.1. The zero-order valence-electron chi connectivity index (χ0n) is 17.7. The maximum Gasteiger partial charge on any atom is 0.241 e. The molecule has 6 nitrogen and oxygen atoms in total. The first kappa shape index (κ1) is 22.5. The highest BCUT2D eigenvalue weighted by Gasteiger charge is 2.27. The van der Waals surface area contributed by atoms with E-state index >= 15 is 0 Å². The van der Waals surface area contributed by atoms with Crippen LogP contribution < -0.4 is 20.9 Å². The van der Waals surface area contributed by atoms with Gasteiger partial charge in [0, 0.05) is 32.2 Å². The molecular formula is C23H29F2N5O. The molecule has 1 unspecified atom stereocenters. The van der Waals surface area contributed by atoms with Gasteiger partial charge in [0.25, 0.3) is 0 Å². The summed E-state index contributed by atoms with van der Waals surface area (Å²) in [5, 5.41) is 9.25. The smallest absolute Gasteiger partial charge is 0.241 e. The highest BCUT2D eigenvalue weighted by Crippen LogP contribution is 2.26. The summed E-state index contributed by atoms with van der Waals surface area (Å²) in [4.78, 5) is 18.2. The van der Waals surface area contributed by atoms with Crippen LogP contribution >= 0.6 is 0 Å². The molecule has 0 radical (unpaired) electrons. The summed E-state index contributed by atoms with van der Waals surface area (Å²) in [5.41, 5.74) is 1.17. The molecule has 166 valence electrons. The zero-order chi connectivity index (χ0) is 22.1. The van der Waals surface area contributed by atoms with Crippen LogP contribution in [0.4, 0.5) is 14.5 Å². The first-order valence-electron chi connectivity index (χ1n) is 10.6. The van der Waals surface area contributed by atoms with Crippen molar-refractivity contribution in [1.82, 2.24) is 16.0 Å². The van der Waals surface area contributed by atoms with Crippen LogP contribution in [0.2, 0.25) is 0 Å². The summed E-state index contributed by atoms with van der Waals surface area (Å²) in [6, 6.07) is 13.8. The molecule has 3 rings (SSSR count). The van der Waals surface area contributed by atoms with E-state index in [0.717, 1.165) is 6.42 Å². The van der Waals surface area contributed by atoms with Gasteiger partial charge in [-0.3, -0.25) is 4.79 Å². The molecule has 3 N–H and O–H groups in total. The number of nitrogens with zero attached hydrogens (tertiary/aromatic N) is 2. The molecule has 0 spiro atoms. The second kappa shape index (κ2) is 11.3. The number of amides is 1. The Morgan fingerprint density at radius 1 is 1.10 bits per heavy atom. The molecule has 0 aliphatic carbocycles. The van der Waals surface area contributed by atoms with Crippen LogP contribution in [0.5, 0.6) is 0 Å². The quantitative estimate of drug-likeness (QED) is 0.446. The lowest BCUT2D eigenvalue weighted by atomic mass is 10.1. The number of aliphatic imine (C=N–C) groups is 1. The van der Waals surface area contributed by atoms with E-state index in [4.69, 9.17) is 0 Å². The number of carbonyl (C=O) groups is 1. The zero-order valence-corrected chi connectivity index (χ0v) is 17.7. The van der Waals surface area contributed by atoms with Gasteiger partial charge in [-0.15, -0.1) is 0 Å². The van der Waals surface area contributed by atoms with Gasteiger partial charge in [-0.1, -0.05) is 36.4 Å². The molecule has 1 fully saturated rings. The third-order valence-corrected chi connectivity index (χ3v) is 5.09. The van der Waals surface area contributed by atoms with Gasteiger partial charge in [0.2, 0.25) is 5.91 Å². The Labute approximate surface area is 181 Å². The number of para-hydroxylation sites is 1. The number of hydrogen-bond acceptors (Lipinski definition) is 3. The predicted molar refractivity (Wildman–Crippen MR) is 119 cm³/mol. The van der Waals surface area contributed by atoms with E-state index in [-0.39, 0.29) is 24.2 Å². The monoisotopic (exact) mass is 429 g/mol. The predicted octanol–water partition coefficient (Wildman–Crippen LogP) is 2.46. The molecule has 0 aromatic heterocycles. The van der Waals surface area contributed by atoms with Crippen molar-refractivity contribution in [2.24, 2.45) is 4.99 Å². The van der Waals surface area contributed by atoms with Gasteiger partial charge < -0.3 is 20.9 Å². The number of halogens is 2. The van der Waals surface area contributed by atoms with Crippen LogP contribution in [0, 0.1) is 11.6 Å². The second-order valence-corrected chi connectivity index (χ2v) is 7.43. The standard InChI is InChI=1S/C23H29F2N5O/c1-2-26-23(28-15-21(31)27-13-11-17-7-4-3-5-8-17)29-18-12-14-30(16-18)22-19(24)9-6-10-20(22)25/h3-10,18H,2,11-16H2,1H3,(H,27,31)(H2,26,28,29). The van der Waals surface area contributed by atoms with E-state index < -0.39 is 11.6 Å². The molecule has 1 atom stereocenters. The molecule has 31 heavy (non-hydrogen) atoms. The largest absolute Gasteiger partial charge is 0.365 e. The minimum Gasteiger partial charge on any atom is -0.365 e. The second-order valence-electron chi connectivity index (χ2n) is 7.43. The highest BCUT2D eigenvalue weighted by molar-refractivity contribution is 5.85. The van der Waals surface area contributed by atoms with Crippen molar-refractivity contribution >= 4 is 17.6 Å². The van der Waals surface area contributed by atoms with Crippen LogP contribution in [0.3, 0.4) is 0 Å². The number of guanidine groups is 1. The molecule has 2 aromatic rings. The molecule has 1 amide bonds.